The Morgan fingerprint density at radius 2 is 1.84 bits per heavy atom. The highest BCUT2D eigenvalue weighted by Gasteiger charge is 2.12. The van der Waals surface area contributed by atoms with E-state index in [2.05, 4.69) is 50.0 Å². The van der Waals surface area contributed by atoms with Gasteiger partial charge in [0, 0.05) is 11.5 Å². The zero-order chi connectivity index (χ0) is 14.5. The molecule has 0 aromatic heterocycles. The largest absolute Gasteiger partial charge is 0.287 e. The van der Waals surface area contributed by atoms with Gasteiger partial charge in [-0.3, -0.25) is 15.1 Å². The van der Waals surface area contributed by atoms with E-state index in [1.807, 2.05) is 0 Å². The second kappa shape index (κ2) is 6.45. The molecule has 0 heterocycles. The van der Waals surface area contributed by atoms with Crippen molar-refractivity contribution in [3.05, 3.63) is 45.5 Å². The van der Waals surface area contributed by atoms with Crippen molar-refractivity contribution in [2.45, 2.75) is 39.5 Å². The van der Waals surface area contributed by atoms with Gasteiger partial charge in [0.15, 0.2) is 0 Å². The Bertz CT molecular complexity index is 456. The van der Waals surface area contributed by atoms with E-state index < -0.39 is 0 Å². The minimum atomic E-state index is -0.350. The Morgan fingerprint density at radius 3 is 2.32 bits per heavy atom. The Labute approximate surface area is 114 Å². The van der Waals surface area contributed by atoms with Crippen LogP contribution in [0, 0.1) is 10.1 Å². The van der Waals surface area contributed by atoms with Gasteiger partial charge < -0.3 is 0 Å². The van der Waals surface area contributed by atoms with Gasteiger partial charge in [-0.15, -0.1) is 0 Å². The molecule has 0 aliphatic heterocycles. The van der Waals surface area contributed by atoms with Crippen LogP contribution in [0.1, 0.15) is 38.8 Å². The highest BCUT2D eigenvalue weighted by atomic mass is 16.6. The van der Waals surface area contributed by atoms with E-state index in [-0.39, 0.29) is 16.9 Å². The number of benzene rings is 1. The Balaban J connectivity index is 2.53. The third kappa shape index (κ3) is 5.64. The molecule has 0 aliphatic carbocycles. The van der Waals surface area contributed by atoms with Gasteiger partial charge in [0.1, 0.15) is 0 Å². The number of aliphatic imine (C=N–C) groups is 1. The lowest BCUT2D eigenvalue weighted by atomic mass is 9.86. The lowest BCUT2D eigenvalue weighted by molar-refractivity contribution is -0.463. The lowest BCUT2D eigenvalue weighted by Gasteiger charge is -2.19. The van der Waals surface area contributed by atoms with Gasteiger partial charge in [0.2, 0.25) is 6.54 Å². The number of hydrogen-bond donors (Lipinski definition) is 0. The van der Waals surface area contributed by atoms with Crippen LogP contribution >= 0.6 is 0 Å². The van der Waals surface area contributed by atoms with Crippen molar-refractivity contribution in [1.29, 1.82) is 0 Å². The SMILES string of the molecule is CC(C[N+](=O)[O-])=NCCc1ccc(C(C)(C)C)cc1. The van der Waals surface area contributed by atoms with Crippen molar-refractivity contribution >= 4 is 5.71 Å². The molecular weight excluding hydrogens is 240 g/mol. The van der Waals surface area contributed by atoms with E-state index in [1.165, 1.54) is 11.1 Å². The molecule has 4 nitrogen and oxygen atoms in total. The van der Waals surface area contributed by atoms with Crippen LogP contribution in [0.5, 0.6) is 0 Å². The van der Waals surface area contributed by atoms with Crippen LogP contribution in [0.2, 0.25) is 0 Å². The molecule has 1 aromatic rings. The van der Waals surface area contributed by atoms with Gasteiger partial charge in [-0.2, -0.15) is 0 Å². The second-order valence-corrected chi connectivity index (χ2v) is 5.80. The van der Waals surface area contributed by atoms with E-state index in [1.54, 1.807) is 6.92 Å². The van der Waals surface area contributed by atoms with Crippen molar-refractivity contribution < 1.29 is 4.92 Å². The summed E-state index contributed by atoms with van der Waals surface area (Å²) >= 11 is 0. The molecule has 0 radical (unpaired) electrons. The van der Waals surface area contributed by atoms with Crippen LogP contribution < -0.4 is 0 Å². The standard InChI is InChI=1S/C15H22N2O2/c1-12(11-17(18)19)16-10-9-13-5-7-14(8-6-13)15(2,3)4/h5-8H,9-11H2,1-4H3. The number of rotatable bonds is 5. The molecule has 0 N–H and O–H groups in total. The molecule has 0 unspecified atom stereocenters. The molecule has 0 saturated carbocycles. The van der Waals surface area contributed by atoms with Crippen LogP contribution in [0.25, 0.3) is 0 Å². The molecule has 0 aliphatic rings. The monoisotopic (exact) mass is 262 g/mol. The van der Waals surface area contributed by atoms with Gasteiger partial charge in [0.05, 0.1) is 5.71 Å². The highest BCUT2D eigenvalue weighted by molar-refractivity contribution is 5.82. The van der Waals surface area contributed by atoms with Crippen LogP contribution in [-0.4, -0.2) is 23.7 Å². The number of nitrogens with zero attached hydrogens (tertiary/aromatic N) is 2. The van der Waals surface area contributed by atoms with Crippen molar-refractivity contribution in [1.82, 2.24) is 0 Å². The van der Waals surface area contributed by atoms with E-state index >= 15 is 0 Å². The summed E-state index contributed by atoms with van der Waals surface area (Å²) in [5, 5.41) is 10.3. The van der Waals surface area contributed by atoms with Crippen molar-refractivity contribution in [2.24, 2.45) is 4.99 Å². The molecule has 0 fully saturated rings. The van der Waals surface area contributed by atoms with E-state index in [0.29, 0.717) is 12.3 Å². The third-order valence-corrected chi connectivity index (χ3v) is 2.96. The molecule has 0 bridgehead atoms. The molecule has 4 heteroatoms. The summed E-state index contributed by atoms with van der Waals surface area (Å²) in [4.78, 5) is 14.2. The van der Waals surface area contributed by atoms with Crippen LogP contribution in [0.15, 0.2) is 29.3 Å². The van der Waals surface area contributed by atoms with E-state index in [0.717, 1.165) is 6.42 Å². The molecule has 0 saturated heterocycles. The summed E-state index contributed by atoms with van der Waals surface area (Å²) in [5.41, 5.74) is 3.27. The maximum atomic E-state index is 10.3. The molecular formula is C15H22N2O2. The third-order valence-electron chi connectivity index (χ3n) is 2.96. The van der Waals surface area contributed by atoms with E-state index in [4.69, 9.17) is 0 Å². The Kier molecular flexibility index (Phi) is 5.21. The first-order chi connectivity index (χ1) is 8.79. The van der Waals surface area contributed by atoms with Crippen molar-refractivity contribution in [2.75, 3.05) is 13.1 Å². The van der Waals surface area contributed by atoms with Crippen molar-refractivity contribution in [3.63, 3.8) is 0 Å². The number of hydrogen-bond acceptors (Lipinski definition) is 3. The Morgan fingerprint density at radius 1 is 1.26 bits per heavy atom. The predicted octanol–water partition coefficient (Wildman–Crippen LogP) is 3.26. The molecule has 1 aromatic carbocycles. The smallest absolute Gasteiger partial charge is 0.241 e. The van der Waals surface area contributed by atoms with Crippen LogP contribution in [-0.2, 0) is 11.8 Å². The Hall–Kier alpha value is -1.71. The van der Waals surface area contributed by atoms with E-state index in [9.17, 15) is 10.1 Å². The molecule has 0 amide bonds. The average molecular weight is 262 g/mol. The normalized spacial score (nSPS) is 12.5. The zero-order valence-electron chi connectivity index (χ0n) is 12.1. The summed E-state index contributed by atoms with van der Waals surface area (Å²) in [7, 11) is 0. The predicted molar refractivity (Wildman–Crippen MR) is 78.7 cm³/mol. The molecule has 0 atom stereocenters. The lowest BCUT2D eigenvalue weighted by Crippen LogP contribution is -2.11. The first-order valence-corrected chi connectivity index (χ1v) is 6.50. The fourth-order valence-electron chi connectivity index (χ4n) is 1.78. The maximum Gasteiger partial charge on any atom is 0.241 e. The molecule has 1 rings (SSSR count). The molecule has 104 valence electrons. The first-order valence-electron chi connectivity index (χ1n) is 6.50. The summed E-state index contributed by atoms with van der Waals surface area (Å²) in [5.74, 6) is 0. The quantitative estimate of drug-likeness (QED) is 0.464. The van der Waals surface area contributed by atoms with Gasteiger partial charge in [0.25, 0.3) is 0 Å². The van der Waals surface area contributed by atoms with Gasteiger partial charge in [-0.25, -0.2) is 0 Å². The summed E-state index contributed by atoms with van der Waals surface area (Å²) < 4.78 is 0. The zero-order valence-corrected chi connectivity index (χ0v) is 12.1. The fourth-order valence-corrected chi connectivity index (χ4v) is 1.78. The minimum Gasteiger partial charge on any atom is -0.287 e. The first kappa shape index (κ1) is 15.3. The number of nitro groups is 1. The van der Waals surface area contributed by atoms with Gasteiger partial charge >= 0.3 is 0 Å². The topological polar surface area (TPSA) is 55.5 Å². The summed E-state index contributed by atoms with van der Waals surface area (Å²) in [6, 6.07) is 8.50. The average Bonchev–Trinajstić information content (AvgIpc) is 2.27. The fraction of sp³-hybridized carbons (Fsp3) is 0.533. The van der Waals surface area contributed by atoms with Gasteiger partial charge in [-0.05, 0) is 29.9 Å². The second-order valence-electron chi connectivity index (χ2n) is 5.80. The summed E-state index contributed by atoms with van der Waals surface area (Å²) in [6.07, 6.45) is 0.819. The highest BCUT2D eigenvalue weighted by Crippen LogP contribution is 2.22. The van der Waals surface area contributed by atoms with Crippen LogP contribution in [0.3, 0.4) is 0 Å². The molecule has 0 spiro atoms. The van der Waals surface area contributed by atoms with Crippen molar-refractivity contribution in [3.8, 4) is 0 Å². The van der Waals surface area contributed by atoms with Crippen LogP contribution in [0.4, 0.5) is 0 Å². The minimum absolute atomic E-state index is 0.164. The molecule has 19 heavy (non-hydrogen) atoms. The maximum absolute atomic E-state index is 10.3. The van der Waals surface area contributed by atoms with Gasteiger partial charge in [-0.1, -0.05) is 45.0 Å². The summed E-state index contributed by atoms with van der Waals surface area (Å²) in [6.45, 7) is 8.71.